The fourth-order valence-corrected chi connectivity index (χ4v) is 4.22. The van der Waals surface area contributed by atoms with E-state index < -0.39 is 0 Å². The maximum atomic E-state index is 13.1. The van der Waals surface area contributed by atoms with Gasteiger partial charge < -0.3 is 14.5 Å². The number of benzene rings is 1. The van der Waals surface area contributed by atoms with E-state index in [0.717, 1.165) is 22.6 Å². The van der Waals surface area contributed by atoms with Gasteiger partial charge in [-0.2, -0.15) is 0 Å². The molecule has 32 heavy (non-hydrogen) atoms. The van der Waals surface area contributed by atoms with Gasteiger partial charge in [0.25, 0.3) is 5.91 Å². The second-order valence-corrected chi connectivity index (χ2v) is 8.30. The molecule has 1 aromatic carbocycles. The zero-order chi connectivity index (χ0) is 23.0. The number of ketones is 1. The number of rotatable bonds is 6. The lowest BCUT2D eigenvalue weighted by molar-refractivity contribution is 0.0717. The minimum absolute atomic E-state index is 0.0910. The zero-order valence-electron chi connectivity index (χ0n) is 18.7. The molecule has 4 rings (SSSR count). The maximum absolute atomic E-state index is 13.1. The minimum Gasteiger partial charge on any atom is -0.491 e. The predicted molar refractivity (Wildman–Crippen MR) is 118 cm³/mol. The average Bonchev–Trinajstić information content (AvgIpc) is 3.11. The van der Waals surface area contributed by atoms with Gasteiger partial charge in [-0.05, 0) is 49.3 Å². The van der Waals surface area contributed by atoms with Crippen molar-refractivity contribution in [2.45, 2.75) is 40.0 Å². The molecule has 0 bridgehead atoms. The topological polar surface area (TPSA) is 62.7 Å². The number of Topliss-reactive ketones (excluding diaryl/α,β-unsaturated/α-hetero) is 1. The van der Waals surface area contributed by atoms with Crippen molar-refractivity contribution in [1.29, 1.82) is 0 Å². The van der Waals surface area contributed by atoms with Crippen LogP contribution in [0, 0.1) is 5.82 Å². The molecule has 0 N–H and O–H groups in total. The number of hydrogen-bond donors (Lipinski definition) is 0. The van der Waals surface area contributed by atoms with Gasteiger partial charge in [0.05, 0.1) is 12.6 Å². The van der Waals surface area contributed by atoms with E-state index in [4.69, 9.17) is 4.74 Å². The molecule has 3 heterocycles. The van der Waals surface area contributed by atoms with Gasteiger partial charge in [0.2, 0.25) is 0 Å². The van der Waals surface area contributed by atoms with Crippen LogP contribution in [0.25, 0.3) is 0 Å². The number of likely N-dealkylation sites (N-methyl/N-ethyl adjacent to an activating group) is 1. The van der Waals surface area contributed by atoms with Gasteiger partial charge in [-0.15, -0.1) is 0 Å². The van der Waals surface area contributed by atoms with E-state index in [-0.39, 0.29) is 23.5 Å². The van der Waals surface area contributed by atoms with Crippen LogP contribution in [0.5, 0.6) is 0 Å². The van der Waals surface area contributed by atoms with Crippen LogP contribution in [-0.4, -0.2) is 46.1 Å². The number of amides is 1. The molecule has 2 aliphatic rings. The number of carbonyl (C=O) groups excluding carboxylic acids is 2. The summed E-state index contributed by atoms with van der Waals surface area (Å²) in [6, 6.07) is 7.76. The Hall–Kier alpha value is -3.48. The lowest BCUT2D eigenvalue weighted by Gasteiger charge is -2.36. The maximum Gasteiger partial charge on any atom is 0.255 e. The van der Waals surface area contributed by atoms with Gasteiger partial charge in [-0.25, -0.2) is 4.39 Å². The van der Waals surface area contributed by atoms with Crippen molar-refractivity contribution in [3.8, 4) is 0 Å². The monoisotopic (exact) mass is 435 g/mol. The van der Waals surface area contributed by atoms with E-state index in [2.05, 4.69) is 9.88 Å². The third kappa shape index (κ3) is 4.02. The minimum atomic E-state index is -0.270. The van der Waals surface area contributed by atoms with Crippen molar-refractivity contribution < 1.29 is 18.7 Å². The first-order valence-electron chi connectivity index (χ1n) is 10.6. The molecule has 2 aromatic rings. The van der Waals surface area contributed by atoms with Crippen molar-refractivity contribution in [3.05, 3.63) is 87.8 Å². The molecule has 0 radical (unpaired) electrons. The Kier molecular flexibility index (Phi) is 5.82. The lowest BCUT2D eigenvalue weighted by atomic mass is 10.0. The Morgan fingerprint density at radius 2 is 1.94 bits per heavy atom. The third-order valence-corrected chi connectivity index (χ3v) is 6.06. The molecule has 166 valence electrons. The third-order valence-electron chi connectivity index (χ3n) is 6.06. The first-order valence-corrected chi connectivity index (χ1v) is 10.6. The van der Waals surface area contributed by atoms with E-state index >= 15 is 0 Å². The SMILES string of the molecule is CC(=O)c1nccc2c1CN(C(C)C1=CC(C)=C(OCc3ccc(F)cc3)CN1C)C2=O. The van der Waals surface area contributed by atoms with Gasteiger partial charge in [-0.3, -0.25) is 14.6 Å². The first kappa shape index (κ1) is 21.7. The highest BCUT2D eigenvalue weighted by atomic mass is 19.1. The Morgan fingerprint density at radius 1 is 1.22 bits per heavy atom. The van der Waals surface area contributed by atoms with E-state index in [1.807, 2.05) is 27.0 Å². The van der Waals surface area contributed by atoms with E-state index in [9.17, 15) is 14.0 Å². The van der Waals surface area contributed by atoms with Gasteiger partial charge in [0.15, 0.2) is 5.78 Å². The largest absolute Gasteiger partial charge is 0.491 e. The van der Waals surface area contributed by atoms with Gasteiger partial charge in [0, 0.05) is 43.5 Å². The molecule has 1 amide bonds. The van der Waals surface area contributed by atoms with Crippen molar-refractivity contribution in [2.24, 2.45) is 0 Å². The zero-order valence-corrected chi connectivity index (χ0v) is 18.7. The Bertz CT molecular complexity index is 1140. The summed E-state index contributed by atoms with van der Waals surface area (Å²) in [5.74, 6) is 0.339. The standard InChI is InChI=1S/C25H26FN3O3/c1-15-11-22(28(4)13-23(15)32-14-18-5-7-19(26)8-6-18)16(2)29-12-21-20(25(29)31)9-10-27-24(21)17(3)30/h5-11,16H,12-14H2,1-4H3. The number of nitrogens with zero attached hydrogens (tertiary/aromatic N) is 3. The molecule has 0 saturated carbocycles. The summed E-state index contributed by atoms with van der Waals surface area (Å²) in [4.78, 5) is 33.0. The van der Waals surface area contributed by atoms with Crippen molar-refractivity contribution in [2.75, 3.05) is 13.6 Å². The number of allylic oxidation sites excluding steroid dienone is 2. The molecule has 2 aliphatic heterocycles. The van der Waals surface area contributed by atoms with Crippen LogP contribution >= 0.6 is 0 Å². The number of fused-ring (bicyclic) bond motifs is 1. The predicted octanol–water partition coefficient (Wildman–Crippen LogP) is 4.09. The highest BCUT2D eigenvalue weighted by Crippen LogP contribution is 2.31. The summed E-state index contributed by atoms with van der Waals surface area (Å²) < 4.78 is 19.1. The van der Waals surface area contributed by atoms with Gasteiger partial charge in [0.1, 0.15) is 23.9 Å². The second-order valence-electron chi connectivity index (χ2n) is 8.30. The number of carbonyl (C=O) groups is 2. The van der Waals surface area contributed by atoms with Crippen LogP contribution in [0.2, 0.25) is 0 Å². The highest BCUT2D eigenvalue weighted by molar-refractivity contribution is 6.03. The second kappa shape index (κ2) is 8.57. The van der Waals surface area contributed by atoms with Crippen LogP contribution in [0.4, 0.5) is 4.39 Å². The molecule has 1 aromatic heterocycles. The van der Waals surface area contributed by atoms with Crippen LogP contribution < -0.4 is 0 Å². The number of pyridine rings is 1. The Labute approximate surface area is 187 Å². The highest BCUT2D eigenvalue weighted by Gasteiger charge is 2.36. The number of aromatic nitrogens is 1. The number of ether oxygens (including phenoxy) is 1. The summed E-state index contributed by atoms with van der Waals surface area (Å²) in [5.41, 5.74) is 4.49. The molecule has 1 unspecified atom stereocenters. The molecule has 0 spiro atoms. The molecule has 7 heteroatoms. The Morgan fingerprint density at radius 3 is 2.62 bits per heavy atom. The summed E-state index contributed by atoms with van der Waals surface area (Å²) in [7, 11) is 1.96. The van der Waals surface area contributed by atoms with Crippen LogP contribution in [0.15, 0.2) is 59.6 Å². The Balaban J connectivity index is 1.52. The molecule has 0 saturated heterocycles. The number of hydrogen-bond acceptors (Lipinski definition) is 5. The van der Waals surface area contributed by atoms with Crippen molar-refractivity contribution in [1.82, 2.24) is 14.8 Å². The van der Waals surface area contributed by atoms with E-state index in [0.29, 0.717) is 36.5 Å². The summed E-state index contributed by atoms with van der Waals surface area (Å²) in [6.45, 7) is 6.74. The molecular formula is C25H26FN3O3. The smallest absolute Gasteiger partial charge is 0.255 e. The van der Waals surface area contributed by atoms with Gasteiger partial charge >= 0.3 is 0 Å². The van der Waals surface area contributed by atoms with Crippen LogP contribution in [-0.2, 0) is 17.9 Å². The van der Waals surface area contributed by atoms with Crippen molar-refractivity contribution >= 4 is 11.7 Å². The summed E-state index contributed by atoms with van der Waals surface area (Å²) in [5, 5.41) is 0. The molecule has 6 nitrogen and oxygen atoms in total. The average molecular weight is 435 g/mol. The van der Waals surface area contributed by atoms with E-state index in [1.165, 1.54) is 25.3 Å². The molecule has 1 atom stereocenters. The number of halogens is 1. The van der Waals surface area contributed by atoms with E-state index in [1.54, 1.807) is 23.1 Å². The molecular weight excluding hydrogens is 409 g/mol. The van der Waals surface area contributed by atoms with Crippen molar-refractivity contribution in [3.63, 3.8) is 0 Å². The summed E-state index contributed by atoms with van der Waals surface area (Å²) in [6.07, 6.45) is 3.56. The fraction of sp³-hybridized carbons (Fsp3) is 0.320. The van der Waals surface area contributed by atoms with Crippen LogP contribution in [0.1, 0.15) is 52.7 Å². The quantitative estimate of drug-likeness (QED) is 0.640. The lowest BCUT2D eigenvalue weighted by Crippen LogP contribution is -2.41. The molecule has 0 fully saturated rings. The fourth-order valence-electron chi connectivity index (χ4n) is 4.22. The molecule has 0 aliphatic carbocycles. The normalized spacial score (nSPS) is 16.8. The first-order chi connectivity index (χ1) is 15.3. The van der Waals surface area contributed by atoms with Gasteiger partial charge in [-0.1, -0.05) is 12.1 Å². The van der Waals surface area contributed by atoms with Crippen LogP contribution in [0.3, 0.4) is 0 Å². The summed E-state index contributed by atoms with van der Waals surface area (Å²) >= 11 is 0.